The van der Waals surface area contributed by atoms with Crippen molar-refractivity contribution >= 4 is 11.9 Å². The summed E-state index contributed by atoms with van der Waals surface area (Å²) in [5, 5.41) is 2.14. The van der Waals surface area contributed by atoms with Gasteiger partial charge in [0.1, 0.15) is 0 Å². The normalized spacial score (nSPS) is 19.7. The Morgan fingerprint density at radius 2 is 2.09 bits per heavy atom. The van der Waals surface area contributed by atoms with Gasteiger partial charge in [0.05, 0.1) is 6.54 Å². The second-order valence-corrected chi connectivity index (χ2v) is 6.00. The van der Waals surface area contributed by atoms with Crippen LogP contribution in [0.5, 0.6) is 0 Å². The van der Waals surface area contributed by atoms with Crippen molar-refractivity contribution in [2.24, 2.45) is 5.73 Å². The number of nitrogens with one attached hydrogen (secondary N) is 1. The van der Waals surface area contributed by atoms with Crippen LogP contribution in [0.2, 0.25) is 0 Å². The summed E-state index contributed by atoms with van der Waals surface area (Å²) in [5.41, 5.74) is 6.30. The van der Waals surface area contributed by atoms with Crippen molar-refractivity contribution in [3.8, 4) is 0 Å². The van der Waals surface area contributed by atoms with Gasteiger partial charge in [0.2, 0.25) is 5.91 Å². The molecule has 2 rings (SSSR count). The Morgan fingerprint density at radius 1 is 1.39 bits per heavy atom. The van der Waals surface area contributed by atoms with E-state index in [-0.39, 0.29) is 12.5 Å². The summed E-state index contributed by atoms with van der Waals surface area (Å²) in [6, 6.07) is 10.3. The Labute approximate surface area is 137 Å². The molecule has 6 heteroatoms. The van der Waals surface area contributed by atoms with Crippen LogP contribution in [0, 0.1) is 0 Å². The van der Waals surface area contributed by atoms with Crippen molar-refractivity contribution in [2.45, 2.75) is 32.4 Å². The molecule has 1 aromatic rings. The summed E-state index contributed by atoms with van der Waals surface area (Å²) in [6.45, 7) is 7.15. The molecule has 3 N–H and O–H groups in total. The van der Waals surface area contributed by atoms with Gasteiger partial charge in [0.15, 0.2) is 0 Å². The topological polar surface area (TPSA) is 78.7 Å². The molecule has 6 nitrogen and oxygen atoms in total. The number of benzene rings is 1. The number of amides is 3. The van der Waals surface area contributed by atoms with E-state index >= 15 is 0 Å². The van der Waals surface area contributed by atoms with Gasteiger partial charge < -0.3 is 5.73 Å². The maximum atomic E-state index is 11.7. The predicted octanol–water partition coefficient (Wildman–Crippen LogP) is 1.34. The quantitative estimate of drug-likeness (QED) is 0.829. The highest BCUT2D eigenvalue weighted by Crippen LogP contribution is 2.26. The molecule has 1 heterocycles. The minimum Gasteiger partial charge on any atom is -0.351 e. The highest BCUT2D eigenvalue weighted by Gasteiger charge is 2.30. The lowest BCUT2D eigenvalue weighted by atomic mass is 10.1. The van der Waals surface area contributed by atoms with Gasteiger partial charge in [-0.05, 0) is 25.5 Å². The van der Waals surface area contributed by atoms with Crippen molar-refractivity contribution in [3.63, 3.8) is 0 Å². The number of rotatable bonds is 6. The summed E-state index contributed by atoms with van der Waals surface area (Å²) >= 11 is 0. The van der Waals surface area contributed by atoms with Gasteiger partial charge >= 0.3 is 6.03 Å². The Kier molecular flexibility index (Phi) is 6.12. The monoisotopic (exact) mass is 318 g/mol. The van der Waals surface area contributed by atoms with Crippen LogP contribution in [0.25, 0.3) is 0 Å². The van der Waals surface area contributed by atoms with E-state index in [9.17, 15) is 9.59 Å². The van der Waals surface area contributed by atoms with Gasteiger partial charge in [0, 0.05) is 25.2 Å². The number of carbonyl (C=O) groups excluding carboxylic acids is 2. The maximum Gasteiger partial charge on any atom is 0.318 e. The second-order valence-electron chi connectivity index (χ2n) is 6.00. The van der Waals surface area contributed by atoms with Crippen LogP contribution in [0.15, 0.2) is 30.3 Å². The molecule has 1 aromatic carbocycles. The number of nitrogens with zero attached hydrogens (tertiary/aromatic N) is 2. The molecule has 1 saturated heterocycles. The van der Waals surface area contributed by atoms with E-state index in [1.165, 1.54) is 5.56 Å². The average Bonchev–Trinajstić information content (AvgIpc) is 3.01. The standard InChI is InChI=1S/C17H26N4O2/c1-3-20(12-16(22)19-17(18)23)15-9-10-21(11-15)13(2)14-7-5-4-6-8-14/h4-8,13,15H,3,9-12H2,1-2H3,(H3,18,19,22,23)/t13-,15-/m1/s1. The van der Waals surface area contributed by atoms with Gasteiger partial charge in [-0.1, -0.05) is 37.3 Å². The third kappa shape index (κ3) is 4.77. The molecule has 1 fully saturated rings. The molecule has 0 bridgehead atoms. The smallest absolute Gasteiger partial charge is 0.318 e. The molecule has 0 spiro atoms. The number of hydrogen-bond donors (Lipinski definition) is 2. The van der Waals surface area contributed by atoms with E-state index in [0.29, 0.717) is 12.1 Å². The summed E-state index contributed by atoms with van der Waals surface area (Å²) in [7, 11) is 0. The Hall–Kier alpha value is -1.92. The SMILES string of the molecule is CCN(CC(=O)NC(N)=O)[C@@H]1CCN([C@H](C)c2ccccc2)C1. The first-order valence-corrected chi connectivity index (χ1v) is 8.13. The predicted molar refractivity (Wildman–Crippen MR) is 89.8 cm³/mol. The Morgan fingerprint density at radius 3 is 2.70 bits per heavy atom. The van der Waals surface area contributed by atoms with E-state index in [0.717, 1.165) is 26.1 Å². The van der Waals surface area contributed by atoms with Crippen LogP contribution in [-0.4, -0.2) is 54.0 Å². The first-order chi connectivity index (χ1) is 11.0. The van der Waals surface area contributed by atoms with Gasteiger partial charge in [-0.3, -0.25) is 19.9 Å². The number of imide groups is 1. The first kappa shape index (κ1) is 17.4. The number of hydrogen-bond acceptors (Lipinski definition) is 4. The fourth-order valence-electron chi connectivity index (χ4n) is 3.22. The Balaban J connectivity index is 1.92. The van der Waals surface area contributed by atoms with Crippen LogP contribution in [0.4, 0.5) is 4.79 Å². The number of likely N-dealkylation sites (tertiary alicyclic amines) is 1. The maximum absolute atomic E-state index is 11.7. The van der Waals surface area contributed by atoms with E-state index in [4.69, 9.17) is 5.73 Å². The number of likely N-dealkylation sites (N-methyl/N-ethyl adjacent to an activating group) is 1. The summed E-state index contributed by atoms with van der Waals surface area (Å²) in [6.07, 6.45) is 1.02. The fraction of sp³-hybridized carbons (Fsp3) is 0.529. The molecule has 0 aromatic heterocycles. The zero-order chi connectivity index (χ0) is 16.8. The lowest BCUT2D eigenvalue weighted by molar-refractivity contribution is -0.121. The van der Waals surface area contributed by atoms with Crippen molar-refractivity contribution in [1.29, 1.82) is 0 Å². The molecule has 23 heavy (non-hydrogen) atoms. The fourth-order valence-corrected chi connectivity index (χ4v) is 3.22. The Bertz CT molecular complexity index is 535. The molecular weight excluding hydrogens is 292 g/mol. The lowest BCUT2D eigenvalue weighted by Crippen LogP contribution is -2.46. The molecule has 0 radical (unpaired) electrons. The van der Waals surface area contributed by atoms with Crippen LogP contribution in [-0.2, 0) is 4.79 Å². The van der Waals surface area contributed by atoms with Gasteiger partial charge in [0.25, 0.3) is 0 Å². The zero-order valence-electron chi connectivity index (χ0n) is 13.9. The molecule has 0 saturated carbocycles. The number of primary amides is 1. The number of urea groups is 1. The number of carbonyl (C=O) groups is 2. The van der Waals surface area contributed by atoms with Crippen LogP contribution < -0.4 is 11.1 Å². The van der Waals surface area contributed by atoms with Crippen LogP contribution in [0.3, 0.4) is 0 Å². The van der Waals surface area contributed by atoms with Crippen molar-refractivity contribution in [2.75, 3.05) is 26.2 Å². The third-order valence-electron chi connectivity index (χ3n) is 4.56. The van der Waals surface area contributed by atoms with Gasteiger partial charge in [-0.15, -0.1) is 0 Å². The molecule has 3 amide bonds. The second kappa shape index (κ2) is 8.08. The minimum absolute atomic E-state index is 0.206. The molecular formula is C17H26N4O2. The molecule has 0 unspecified atom stereocenters. The average molecular weight is 318 g/mol. The van der Waals surface area contributed by atoms with E-state index in [2.05, 4.69) is 46.3 Å². The summed E-state index contributed by atoms with van der Waals surface area (Å²) in [4.78, 5) is 27.1. The van der Waals surface area contributed by atoms with Crippen LogP contribution in [0.1, 0.15) is 31.9 Å². The molecule has 126 valence electrons. The van der Waals surface area contributed by atoms with E-state index in [1.807, 2.05) is 13.0 Å². The van der Waals surface area contributed by atoms with Crippen molar-refractivity contribution in [1.82, 2.24) is 15.1 Å². The largest absolute Gasteiger partial charge is 0.351 e. The minimum atomic E-state index is -0.795. The molecule has 0 aliphatic carbocycles. The van der Waals surface area contributed by atoms with Gasteiger partial charge in [-0.25, -0.2) is 4.79 Å². The van der Waals surface area contributed by atoms with E-state index < -0.39 is 6.03 Å². The zero-order valence-corrected chi connectivity index (χ0v) is 13.9. The summed E-state index contributed by atoms with van der Waals surface area (Å²) < 4.78 is 0. The highest BCUT2D eigenvalue weighted by molar-refractivity contribution is 5.94. The lowest BCUT2D eigenvalue weighted by Gasteiger charge is -2.29. The number of nitrogens with two attached hydrogens (primary N) is 1. The third-order valence-corrected chi connectivity index (χ3v) is 4.56. The van der Waals surface area contributed by atoms with Crippen LogP contribution >= 0.6 is 0 Å². The molecule has 2 atom stereocenters. The van der Waals surface area contributed by atoms with Crippen molar-refractivity contribution < 1.29 is 9.59 Å². The van der Waals surface area contributed by atoms with E-state index in [1.54, 1.807) is 0 Å². The highest BCUT2D eigenvalue weighted by atomic mass is 16.2. The van der Waals surface area contributed by atoms with Crippen molar-refractivity contribution in [3.05, 3.63) is 35.9 Å². The molecule has 1 aliphatic heterocycles. The first-order valence-electron chi connectivity index (χ1n) is 8.13. The molecule has 1 aliphatic rings. The summed E-state index contributed by atoms with van der Waals surface area (Å²) in [5.74, 6) is -0.339. The van der Waals surface area contributed by atoms with Gasteiger partial charge in [-0.2, -0.15) is 0 Å².